The Kier molecular flexibility index (Phi) is 24.1. The van der Waals surface area contributed by atoms with E-state index in [2.05, 4.69) is 0 Å². The van der Waals surface area contributed by atoms with Gasteiger partial charge in [0.2, 0.25) is 0 Å². The Morgan fingerprint density at radius 1 is 0.136 bits per heavy atom. The minimum atomic E-state index is -2.25. The molecule has 0 aliphatic carbocycles. The van der Waals surface area contributed by atoms with Crippen molar-refractivity contribution in [1.82, 2.24) is 0 Å². The van der Waals surface area contributed by atoms with Crippen LogP contribution in [0.2, 0.25) is 0 Å². The normalized spacial score (nSPS) is 55.4. The Labute approximate surface area is 496 Å². The summed E-state index contributed by atoms with van der Waals surface area (Å²) in [5.41, 5.74) is 0. The van der Waals surface area contributed by atoms with Crippen molar-refractivity contribution in [2.24, 2.45) is 0 Å². The summed E-state index contributed by atoms with van der Waals surface area (Å²) in [6, 6.07) is 0. The van der Waals surface area contributed by atoms with Gasteiger partial charge in [-0.1, -0.05) is 0 Å². The lowest BCUT2D eigenvalue weighted by molar-refractivity contribution is -0.404. The molecule has 40 nitrogen and oxygen atoms in total. The molecule has 88 heavy (non-hydrogen) atoms. The molecule has 16 bridgehead atoms. The van der Waals surface area contributed by atoms with Gasteiger partial charge in [0.15, 0.2) is 50.3 Å². The van der Waals surface area contributed by atoms with Crippen molar-refractivity contribution in [2.45, 2.75) is 246 Å². The molecule has 0 saturated carbocycles. The number of rotatable bonds is 8. The molecule has 30 aliphatic heterocycles. The highest BCUT2D eigenvalue weighted by molar-refractivity contribution is 5.02. The molecule has 30 fully saturated rings. The van der Waals surface area contributed by atoms with Gasteiger partial charge in [-0.25, -0.2) is 0 Å². The molecule has 30 saturated heterocycles. The molecule has 0 aromatic rings. The van der Waals surface area contributed by atoms with Gasteiger partial charge in [-0.3, -0.25) is 0 Å². The van der Waals surface area contributed by atoms with Crippen LogP contribution < -0.4 is 0 Å². The molecule has 40 heteroatoms. The molecule has 0 radical (unpaired) electrons. The Bertz CT molecular complexity index is 1700. The average molecular weight is 1300 g/mol. The average Bonchev–Trinajstić information content (AvgIpc) is 1.16. The van der Waals surface area contributed by atoms with Gasteiger partial charge in [0.05, 0.1) is 52.9 Å². The summed E-state index contributed by atoms with van der Waals surface area (Å²) in [4.78, 5) is 0. The standard InChI is InChI=1S/C48H80O40/c49-1-9-33-17(57)25(65)41(73-9)82-34-10(2-50)75-43(27(67)19(34)59)84-36-12(4-52)77-45(29(69)21(36)61)86-38-14(6-54)79-47(31(71)23(38)63)88-40-16(8-56)80-48(32(72)24(40)64)87-39-15(7-55)78-46(30(70)22(39)62)85-37-13(5-53)76-44(28(68)20(37)60)83-35-11(3-51)74-42(81-33)26(66)18(35)58/h9-72H,1-8H2/t9-,10-,11-,12-,13-,14-,15-,16-,17-,18-,19-,20-,21-,22-,23-,24-,25-,26-,27-,28-,29-,30-,31-,32-,33-,34-,35-,36?,37?,38-,39-,40-,41?,42?,43?,44?,45?,46?,47?,48?/m1/s1. The van der Waals surface area contributed by atoms with Crippen LogP contribution in [0.15, 0.2) is 0 Å². The molecule has 30 heterocycles. The lowest BCUT2D eigenvalue weighted by Gasteiger charge is -2.50. The summed E-state index contributed by atoms with van der Waals surface area (Å²) in [6.07, 6.45) is -82.0. The number of aliphatic hydroxyl groups excluding tert-OH is 24. The van der Waals surface area contributed by atoms with E-state index in [-0.39, 0.29) is 0 Å². The van der Waals surface area contributed by atoms with E-state index in [0.717, 1.165) is 0 Å². The quantitative estimate of drug-likeness (QED) is 0.107. The first-order valence-corrected chi connectivity index (χ1v) is 28.1. The van der Waals surface area contributed by atoms with Gasteiger partial charge in [0.1, 0.15) is 195 Å². The van der Waals surface area contributed by atoms with Gasteiger partial charge < -0.3 is 198 Å². The van der Waals surface area contributed by atoms with Crippen LogP contribution in [-0.2, 0) is 75.8 Å². The largest absolute Gasteiger partial charge is 0.394 e. The van der Waals surface area contributed by atoms with Crippen molar-refractivity contribution in [3.63, 3.8) is 0 Å². The highest BCUT2D eigenvalue weighted by Gasteiger charge is 2.60. The third-order valence-corrected chi connectivity index (χ3v) is 16.9. The van der Waals surface area contributed by atoms with Crippen molar-refractivity contribution < 1.29 is 198 Å². The SMILES string of the molecule is OC[C@H]1OC2O[C@H]3[C@H](O)[C@@H](O)C(O[C@H]4[C@H](O)[C@@H](O)C(O[C@H]5[C@H](O)[C@@H](O)C(OC6[C@@H](CO)OC(O[C@H]7[C@H](O)[C@@H](O)C(O[C@H]8[C@H](O)[C@@H](O)C(O[C@H]9[C@H](O)[C@@H](O)C(OC1[C@H](O)[C@H]2O)O[C@@H]9CO)O[C@@H]8CO)O[C@@H]7CO)[C@H](O)[C@H]6O)O[C@@H]5CO)O[C@@H]4CO)O[C@@H]3CO. The van der Waals surface area contributed by atoms with Crippen LogP contribution in [0.4, 0.5) is 0 Å². The summed E-state index contributed by atoms with van der Waals surface area (Å²) in [6.45, 7) is -8.64. The van der Waals surface area contributed by atoms with Crippen LogP contribution in [0.3, 0.4) is 0 Å². The molecular formula is C48H80O40. The molecule has 10 unspecified atom stereocenters. The van der Waals surface area contributed by atoms with Crippen LogP contribution in [0, 0.1) is 0 Å². The van der Waals surface area contributed by atoms with E-state index in [9.17, 15) is 123 Å². The topological polar surface area (TPSA) is 633 Å². The molecule has 40 atom stereocenters. The molecule has 30 rings (SSSR count). The molecule has 0 amide bonds. The third kappa shape index (κ3) is 13.8. The third-order valence-electron chi connectivity index (χ3n) is 16.9. The number of ether oxygens (including phenoxy) is 16. The van der Waals surface area contributed by atoms with Crippen molar-refractivity contribution in [3.05, 3.63) is 0 Å². The van der Waals surface area contributed by atoms with E-state index in [1.807, 2.05) is 0 Å². The molecule has 0 aromatic carbocycles. The Hall–Kier alpha value is -1.60. The second-order valence-corrected chi connectivity index (χ2v) is 22.5. The summed E-state index contributed by atoms with van der Waals surface area (Å²) in [5, 5.41) is 265. The fourth-order valence-corrected chi connectivity index (χ4v) is 11.9. The summed E-state index contributed by atoms with van der Waals surface area (Å²) < 4.78 is 91.1. The Balaban J connectivity index is 0.975. The van der Waals surface area contributed by atoms with Crippen LogP contribution >= 0.6 is 0 Å². The lowest BCUT2D eigenvalue weighted by Crippen LogP contribution is -2.69. The van der Waals surface area contributed by atoms with Crippen LogP contribution in [0.1, 0.15) is 0 Å². The molecule has 0 spiro atoms. The number of aliphatic hydroxyl groups is 24. The minimum absolute atomic E-state index is 1.08. The van der Waals surface area contributed by atoms with Gasteiger partial charge in [-0.15, -0.1) is 0 Å². The zero-order valence-electron chi connectivity index (χ0n) is 46.0. The monoisotopic (exact) mass is 1300 g/mol. The fourth-order valence-electron chi connectivity index (χ4n) is 11.9. The van der Waals surface area contributed by atoms with Gasteiger partial charge in [-0.05, 0) is 0 Å². The number of hydrogen-bond donors (Lipinski definition) is 24. The first kappa shape index (κ1) is 70.7. The van der Waals surface area contributed by atoms with Gasteiger partial charge in [0, 0.05) is 0 Å². The Morgan fingerprint density at radius 2 is 0.227 bits per heavy atom. The Morgan fingerprint density at radius 3 is 0.307 bits per heavy atom. The minimum Gasteiger partial charge on any atom is -0.394 e. The van der Waals surface area contributed by atoms with Gasteiger partial charge >= 0.3 is 0 Å². The number of hydrogen-bond acceptors (Lipinski definition) is 40. The van der Waals surface area contributed by atoms with Crippen molar-refractivity contribution >= 4 is 0 Å². The highest BCUT2D eigenvalue weighted by Crippen LogP contribution is 2.40. The second kappa shape index (κ2) is 30.0. The summed E-state index contributed by atoms with van der Waals surface area (Å²) in [7, 11) is 0. The van der Waals surface area contributed by atoms with E-state index in [1.54, 1.807) is 0 Å². The molecule has 512 valence electrons. The van der Waals surface area contributed by atoms with Crippen LogP contribution in [0.25, 0.3) is 0 Å². The van der Waals surface area contributed by atoms with Gasteiger partial charge in [-0.2, -0.15) is 0 Å². The lowest BCUT2D eigenvalue weighted by atomic mass is 9.94. The second-order valence-electron chi connectivity index (χ2n) is 22.5. The van der Waals surface area contributed by atoms with Crippen molar-refractivity contribution in [2.75, 3.05) is 52.9 Å². The maximum absolute atomic E-state index is 11.4. The van der Waals surface area contributed by atoms with E-state index in [4.69, 9.17) is 75.8 Å². The van der Waals surface area contributed by atoms with Crippen molar-refractivity contribution in [1.29, 1.82) is 0 Å². The van der Waals surface area contributed by atoms with E-state index in [1.165, 1.54) is 0 Å². The molecule has 0 aromatic heterocycles. The molecular weight excluding hydrogens is 1220 g/mol. The highest BCUT2D eigenvalue weighted by atomic mass is 16.8. The van der Waals surface area contributed by atoms with Crippen molar-refractivity contribution in [3.8, 4) is 0 Å². The zero-order chi connectivity index (χ0) is 64.1. The van der Waals surface area contributed by atoms with E-state index < -0.39 is 299 Å². The predicted molar refractivity (Wildman–Crippen MR) is 261 cm³/mol. The predicted octanol–water partition coefficient (Wildman–Crippen LogP) is -17.4. The molecule has 24 N–H and O–H groups in total. The maximum atomic E-state index is 11.4. The first-order chi connectivity index (χ1) is 41.9. The first-order valence-electron chi connectivity index (χ1n) is 28.1. The summed E-state index contributed by atoms with van der Waals surface area (Å²) in [5.74, 6) is 0. The van der Waals surface area contributed by atoms with E-state index >= 15 is 0 Å². The summed E-state index contributed by atoms with van der Waals surface area (Å²) >= 11 is 0. The molecule has 30 aliphatic rings. The van der Waals surface area contributed by atoms with Crippen LogP contribution in [-0.4, -0.2) is 421 Å². The fraction of sp³-hybridized carbons (Fsp3) is 1.00. The van der Waals surface area contributed by atoms with Gasteiger partial charge in [0.25, 0.3) is 0 Å². The zero-order valence-corrected chi connectivity index (χ0v) is 46.0. The van der Waals surface area contributed by atoms with Crippen LogP contribution in [0.5, 0.6) is 0 Å². The maximum Gasteiger partial charge on any atom is 0.187 e. The van der Waals surface area contributed by atoms with E-state index in [0.29, 0.717) is 0 Å². The smallest absolute Gasteiger partial charge is 0.187 e.